The molecule has 0 spiro atoms. The molecule has 1 heterocycles. The lowest BCUT2D eigenvalue weighted by atomic mass is 9.86. The van der Waals surface area contributed by atoms with Gasteiger partial charge in [-0.15, -0.1) is 0 Å². The van der Waals surface area contributed by atoms with Gasteiger partial charge in [0.25, 0.3) is 0 Å². The lowest BCUT2D eigenvalue weighted by molar-refractivity contribution is 0.281. The van der Waals surface area contributed by atoms with Crippen LogP contribution in [0.5, 0.6) is 5.75 Å². The van der Waals surface area contributed by atoms with E-state index < -0.39 is 7.32 Å². The summed E-state index contributed by atoms with van der Waals surface area (Å²) in [4.78, 5) is 0. The zero-order chi connectivity index (χ0) is 13.4. The molecule has 3 N–H and O–H groups in total. The molecule has 0 aliphatic rings. The lowest BCUT2D eigenvalue weighted by Crippen LogP contribution is -2.25. The molecule has 0 fully saturated rings. The molecule has 5 nitrogen and oxygen atoms in total. The summed E-state index contributed by atoms with van der Waals surface area (Å²) in [7, 11) is -1.84. The van der Waals surface area contributed by atoms with Gasteiger partial charge in [-0.2, -0.15) is 5.10 Å². The number of hydrogen-bond acceptors (Lipinski definition) is 4. The van der Waals surface area contributed by atoms with E-state index in [4.69, 9.17) is 14.7 Å². The van der Waals surface area contributed by atoms with E-state index in [0.717, 1.165) is 5.69 Å². The summed E-state index contributed by atoms with van der Waals surface area (Å²) in [5, 5.41) is 25.2. The SMILES string of the molecule is CC(C)(C)c1n[nH]c(C(C)(C)C)c1OB(O)O. The molecule has 0 bridgehead atoms. The molecule has 1 aromatic rings. The second-order valence-electron chi connectivity index (χ2n) is 6.22. The number of aromatic nitrogens is 2. The van der Waals surface area contributed by atoms with E-state index in [1.807, 2.05) is 41.5 Å². The van der Waals surface area contributed by atoms with Crippen molar-refractivity contribution in [1.29, 1.82) is 0 Å². The van der Waals surface area contributed by atoms with Crippen LogP contribution in [0, 0.1) is 0 Å². The van der Waals surface area contributed by atoms with Gasteiger partial charge in [0.1, 0.15) is 11.4 Å². The van der Waals surface area contributed by atoms with Gasteiger partial charge in [-0.25, -0.2) is 0 Å². The van der Waals surface area contributed by atoms with Gasteiger partial charge >= 0.3 is 7.32 Å². The summed E-state index contributed by atoms with van der Waals surface area (Å²) in [6.07, 6.45) is 0. The van der Waals surface area contributed by atoms with Crippen molar-refractivity contribution in [2.45, 2.75) is 52.4 Å². The number of hydrogen-bond donors (Lipinski definition) is 3. The first-order valence-electron chi connectivity index (χ1n) is 5.65. The van der Waals surface area contributed by atoms with E-state index in [1.54, 1.807) is 0 Å². The third kappa shape index (κ3) is 3.23. The highest BCUT2D eigenvalue weighted by molar-refractivity contribution is 6.33. The van der Waals surface area contributed by atoms with E-state index in [2.05, 4.69) is 10.2 Å². The molecule has 0 atom stereocenters. The molecule has 0 aliphatic heterocycles. The minimum absolute atomic E-state index is 0.208. The average Bonchev–Trinajstić information content (AvgIpc) is 2.43. The molecule has 96 valence electrons. The second-order valence-corrected chi connectivity index (χ2v) is 6.22. The summed E-state index contributed by atoms with van der Waals surface area (Å²) in [5.41, 5.74) is 1.01. The van der Waals surface area contributed by atoms with E-state index in [9.17, 15) is 0 Å². The number of nitrogens with one attached hydrogen (secondary N) is 1. The first kappa shape index (κ1) is 14.1. The zero-order valence-electron chi connectivity index (χ0n) is 11.3. The van der Waals surface area contributed by atoms with Crippen LogP contribution in [0.4, 0.5) is 0 Å². The zero-order valence-corrected chi connectivity index (χ0v) is 11.3. The predicted octanol–water partition coefficient (Wildman–Crippen LogP) is 1.35. The molecular weight excluding hydrogens is 219 g/mol. The van der Waals surface area contributed by atoms with Crippen LogP contribution in [0.3, 0.4) is 0 Å². The quantitative estimate of drug-likeness (QED) is 0.682. The topological polar surface area (TPSA) is 78.4 Å². The van der Waals surface area contributed by atoms with Gasteiger partial charge in [0, 0.05) is 10.8 Å². The molecule has 1 rings (SSSR count). The molecule has 0 aliphatic carbocycles. The molecule has 6 heteroatoms. The minimum atomic E-state index is -1.84. The van der Waals surface area contributed by atoms with E-state index in [1.165, 1.54) is 0 Å². The van der Waals surface area contributed by atoms with Crippen LogP contribution in [0.25, 0.3) is 0 Å². The van der Waals surface area contributed by atoms with Crippen molar-refractivity contribution >= 4 is 7.32 Å². The maximum Gasteiger partial charge on any atom is 0.707 e. The third-order valence-electron chi connectivity index (χ3n) is 2.41. The van der Waals surface area contributed by atoms with E-state index in [0.29, 0.717) is 11.4 Å². The Balaban J connectivity index is 3.30. The third-order valence-corrected chi connectivity index (χ3v) is 2.41. The smallest absolute Gasteiger partial charge is 0.509 e. The minimum Gasteiger partial charge on any atom is -0.509 e. The summed E-state index contributed by atoms with van der Waals surface area (Å²) in [6.45, 7) is 12.0. The van der Waals surface area contributed by atoms with Gasteiger partial charge in [-0.3, -0.25) is 5.10 Å². The fourth-order valence-corrected chi connectivity index (χ4v) is 1.57. The standard InChI is InChI=1S/C11H21BN2O3/c1-10(2,3)8-7(17-12(15)16)9(14-13-8)11(4,5)6/h15-16H,1-6H3,(H,13,14). The van der Waals surface area contributed by atoms with Gasteiger partial charge in [0.05, 0.1) is 5.69 Å². The van der Waals surface area contributed by atoms with Crippen LogP contribution in [-0.2, 0) is 10.8 Å². The summed E-state index contributed by atoms with van der Waals surface area (Å²) in [5.74, 6) is 0.431. The Morgan fingerprint density at radius 1 is 1.06 bits per heavy atom. The summed E-state index contributed by atoms with van der Waals surface area (Å²) < 4.78 is 5.09. The molecule has 0 radical (unpaired) electrons. The fourth-order valence-electron chi connectivity index (χ4n) is 1.57. The van der Waals surface area contributed by atoms with Gasteiger partial charge in [0.2, 0.25) is 0 Å². The van der Waals surface area contributed by atoms with Crippen LogP contribution >= 0.6 is 0 Å². The average molecular weight is 240 g/mol. The van der Waals surface area contributed by atoms with Crippen molar-refractivity contribution in [3.63, 3.8) is 0 Å². The molecular formula is C11H21BN2O3. The van der Waals surface area contributed by atoms with Gasteiger partial charge in [-0.1, -0.05) is 41.5 Å². The Morgan fingerprint density at radius 2 is 1.59 bits per heavy atom. The number of aromatic amines is 1. The first-order valence-corrected chi connectivity index (χ1v) is 5.65. The molecule has 0 amide bonds. The highest BCUT2D eigenvalue weighted by atomic mass is 16.6. The Hall–Kier alpha value is -1.01. The van der Waals surface area contributed by atoms with Crippen molar-refractivity contribution < 1.29 is 14.7 Å². The Labute approximate surface area is 102 Å². The Kier molecular flexibility index (Phi) is 3.59. The van der Waals surface area contributed by atoms with Gasteiger partial charge in [0.15, 0.2) is 0 Å². The number of rotatable bonds is 2. The fraction of sp³-hybridized carbons (Fsp3) is 0.727. The number of H-pyrrole nitrogens is 1. The summed E-state index contributed by atoms with van der Waals surface area (Å²) in [6, 6.07) is 0. The normalized spacial score (nSPS) is 12.7. The summed E-state index contributed by atoms with van der Waals surface area (Å²) >= 11 is 0. The highest BCUT2D eigenvalue weighted by Crippen LogP contribution is 2.37. The number of nitrogens with zero attached hydrogens (tertiary/aromatic N) is 1. The maximum atomic E-state index is 9.00. The lowest BCUT2D eigenvalue weighted by Gasteiger charge is -2.22. The van der Waals surface area contributed by atoms with Crippen LogP contribution in [-0.4, -0.2) is 27.6 Å². The van der Waals surface area contributed by atoms with Gasteiger partial charge in [-0.05, 0) is 0 Å². The van der Waals surface area contributed by atoms with Crippen molar-refractivity contribution in [3.05, 3.63) is 11.4 Å². The molecule has 0 aromatic carbocycles. The largest absolute Gasteiger partial charge is 0.707 e. The second kappa shape index (κ2) is 4.35. The molecule has 0 saturated carbocycles. The van der Waals surface area contributed by atoms with Crippen molar-refractivity contribution in [3.8, 4) is 5.75 Å². The van der Waals surface area contributed by atoms with Gasteiger partial charge < -0.3 is 14.7 Å². The molecule has 1 aromatic heterocycles. The van der Waals surface area contributed by atoms with Crippen molar-refractivity contribution in [2.24, 2.45) is 0 Å². The predicted molar refractivity (Wildman–Crippen MR) is 66.8 cm³/mol. The van der Waals surface area contributed by atoms with Crippen LogP contribution < -0.4 is 4.65 Å². The van der Waals surface area contributed by atoms with Crippen LogP contribution in [0.1, 0.15) is 52.9 Å². The van der Waals surface area contributed by atoms with E-state index in [-0.39, 0.29) is 10.8 Å². The Bertz CT molecular complexity index is 357. The van der Waals surface area contributed by atoms with Crippen LogP contribution in [0.2, 0.25) is 0 Å². The Morgan fingerprint density at radius 3 is 1.94 bits per heavy atom. The highest BCUT2D eigenvalue weighted by Gasteiger charge is 2.32. The van der Waals surface area contributed by atoms with Crippen molar-refractivity contribution in [2.75, 3.05) is 0 Å². The van der Waals surface area contributed by atoms with Crippen molar-refractivity contribution in [1.82, 2.24) is 10.2 Å². The monoisotopic (exact) mass is 240 g/mol. The van der Waals surface area contributed by atoms with E-state index >= 15 is 0 Å². The van der Waals surface area contributed by atoms with Crippen LogP contribution in [0.15, 0.2) is 0 Å². The molecule has 17 heavy (non-hydrogen) atoms. The first-order chi connectivity index (χ1) is 7.53. The molecule has 0 saturated heterocycles. The maximum absolute atomic E-state index is 9.00. The molecule has 0 unspecified atom stereocenters.